The molecule has 3 rings (SSSR count). The molecule has 11 heteroatoms. The van der Waals surface area contributed by atoms with Crippen LogP contribution >= 0.6 is 0 Å². The van der Waals surface area contributed by atoms with E-state index in [1.807, 2.05) is 19.1 Å². The fraction of sp³-hybridized carbons (Fsp3) is 0.519. The van der Waals surface area contributed by atoms with Crippen LogP contribution in [0.3, 0.4) is 0 Å². The lowest BCUT2D eigenvalue weighted by atomic mass is 10.0. The zero-order valence-corrected chi connectivity index (χ0v) is 22.9. The number of anilines is 2. The predicted molar refractivity (Wildman–Crippen MR) is 148 cm³/mol. The maximum absolute atomic E-state index is 12.2. The number of carbonyl (C=O) groups excluding carboxylic acids is 1. The van der Waals surface area contributed by atoms with Crippen molar-refractivity contribution in [1.82, 2.24) is 5.32 Å². The highest BCUT2D eigenvalue weighted by atomic mass is 32.2. The Morgan fingerprint density at radius 2 is 1.84 bits per heavy atom. The summed E-state index contributed by atoms with van der Waals surface area (Å²) in [4.78, 5) is 14.1. The van der Waals surface area contributed by atoms with Gasteiger partial charge in [0.25, 0.3) is 0 Å². The first-order chi connectivity index (χ1) is 18.2. The fourth-order valence-electron chi connectivity index (χ4n) is 4.16. The number of piperidine rings is 1. The molecule has 210 valence electrons. The van der Waals surface area contributed by atoms with Crippen molar-refractivity contribution in [1.29, 1.82) is 0 Å². The van der Waals surface area contributed by atoms with Crippen molar-refractivity contribution in [2.24, 2.45) is 0 Å². The predicted octanol–water partition coefficient (Wildman–Crippen LogP) is 3.11. The number of carbonyl (C=O) groups is 1. The number of sulfonamides is 1. The van der Waals surface area contributed by atoms with E-state index in [0.29, 0.717) is 30.9 Å². The molecule has 0 aliphatic carbocycles. The first kappa shape index (κ1) is 29.5. The summed E-state index contributed by atoms with van der Waals surface area (Å²) in [5, 5.41) is 23.8. The molecule has 1 aliphatic heterocycles. The highest BCUT2D eigenvalue weighted by Gasteiger charge is 2.21. The van der Waals surface area contributed by atoms with E-state index in [1.54, 1.807) is 19.1 Å². The fourth-order valence-corrected chi connectivity index (χ4v) is 5.43. The van der Waals surface area contributed by atoms with Gasteiger partial charge in [0, 0.05) is 37.4 Å². The monoisotopic (exact) mass is 549 g/mol. The van der Waals surface area contributed by atoms with Crippen LogP contribution in [0.4, 0.5) is 11.4 Å². The Hall–Kier alpha value is -3.02. The Balaban J connectivity index is 1.40. The summed E-state index contributed by atoms with van der Waals surface area (Å²) in [5.74, 6) is -0.195. The molecular formula is C27H39N3O7S. The van der Waals surface area contributed by atoms with E-state index in [-0.39, 0.29) is 35.8 Å². The standard InChI is InChI=1S/C27H39N3O7S/c1-3-5-16-38(34,35)29-25-17-24(10-11-26(25)32)37-19-23(31)18-28-21-12-14-30(15-13-21)22-8-6-20(7-9-22)27(33)36-4-2/h6-11,17,21,23,28-29,31-32H,3-5,12-16,18-19H2,1-2H3/t23-/m0/s1. The number of aliphatic hydroxyl groups excluding tert-OH is 1. The quantitative estimate of drug-likeness (QED) is 0.207. The molecule has 0 spiro atoms. The molecule has 2 aromatic carbocycles. The number of phenolic OH excluding ortho intramolecular Hbond substituents is 1. The molecule has 1 fully saturated rings. The molecule has 1 heterocycles. The van der Waals surface area contributed by atoms with Gasteiger partial charge in [-0.3, -0.25) is 4.72 Å². The topological polar surface area (TPSA) is 137 Å². The van der Waals surface area contributed by atoms with Crippen molar-refractivity contribution in [3.8, 4) is 11.5 Å². The van der Waals surface area contributed by atoms with Gasteiger partial charge in [0.1, 0.15) is 24.2 Å². The molecule has 0 amide bonds. The van der Waals surface area contributed by atoms with E-state index in [1.165, 1.54) is 18.2 Å². The second-order valence-corrected chi connectivity index (χ2v) is 11.2. The van der Waals surface area contributed by atoms with E-state index < -0.39 is 16.1 Å². The molecule has 4 N–H and O–H groups in total. The molecule has 2 aromatic rings. The number of ether oxygens (including phenoxy) is 2. The van der Waals surface area contributed by atoms with Crippen molar-refractivity contribution < 1.29 is 32.9 Å². The van der Waals surface area contributed by atoms with E-state index >= 15 is 0 Å². The highest BCUT2D eigenvalue weighted by Crippen LogP contribution is 2.29. The summed E-state index contributed by atoms with van der Waals surface area (Å²) in [6.07, 6.45) is 2.32. The minimum absolute atomic E-state index is 0.0193. The second-order valence-electron chi connectivity index (χ2n) is 9.36. The van der Waals surface area contributed by atoms with Crippen LogP contribution in [0.5, 0.6) is 11.5 Å². The highest BCUT2D eigenvalue weighted by molar-refractivity contribution is 7.92. The number of rotatable bonds is 14. The van der Waals surface area contributed by atoms with Gasteiger partial charge in [0.2, 0.25) is 10.0 Å². The lowest BCUT2D eigenvalue weighted by molar-refractivity contribution is 0.0526. The molecule has 1 aliphatic rings. The van der Waals surface area contributed by atoms with Crippen molar-refractivity contribution in [3.05, 3.63) is 48.0 Å². The van der Waals surface area contributed by atoms with Gasteiger partial charge in [-0.15, -0.1) is 0 Å². The molecule has 1 atom stereocenters. The van der Waals surface area contributed by atoms with E-state index in [0.717, 1.165) is 38.0 Å². The van der Waals surface area contributed by atoms with Crippen LogP contribution in [-0.2, 0) is 14.8 Å². The number of benzene rings is 2. The lowest BCUT2D eigenvalue weighted by Gasteiger charge is -2.34. The Morgan fingerprint density at radius 3 is 2.50 bits per heavy atom. The average Bonchev–Trinajstić information content (AvgIpc) is 2.91. The molecular weight excluding hydrogens is 510 g/mol. The number of unbranched alkanes of at least 4 members (excludes halogenated alkanes) is 1. The summed E-state index contributed by atoms with van der Waals surface area (Å²) in [6.45, 7) is 6.12. The number of aliphatic hydroxyl groups is 1. The van der Waals surface area contributed by atoms with Crippen molar-refractivity contribution in [2.45, 2.75) is 51.7 Å². The average molecular weight is 550 g/mol. The van der Waals surface area contributed by atoms with Gasteiger partial charge < -0.3 is 29.9 Å². The van der Waals surface area contributed by atoms with Gasteiger partial charge in [-0.25, -0.2) is 13.2 Å². The van der Waals surface area contributed by atoms with Gasteiger partial charge >= 0.3 is 5.97 Å². The number of phenols is 1. The molecule has 0 aromatic heterocycles. The molecule has 0 unspecified atom stereocenters. The van der Waals surface area contributed by atoms with Crippen LogP contribution < -0.4 is 19.7 Å². The van der Waals surface area contributed by atoms with Crippen molar-refractivity contribution in [2.75, 3.05) is 48.2 Å². The molecule has 10 nitrogen and oxygen atoms in total. The minimum atomic E-state index is -3.56. The van der Waals surface area contributed by atoms with Gasteiger partial charge in [0.05, 0.1) is 23.6 Å². The molecule has 0 bridgehead atoms. The Labute approximate surface area is 225 Å². The van der Waals surface area contributed by atoms with Crippen molar-refractivity contribution >= 4 is 27.4 Å². The van der Waals surface area contributed by atoms with Gasteiger partial charge in [0.15, 0.2) is 0 Å². The summed E-state index contributed by atoms with van der Waals surface area (Å²) in [6, 6.07) is 12.0. The summed E-state index contributed by atoms with van der Waals surface area (Å²) < 4.78 is 37.4. The van der Waals surface area contributed by atoms with Crippen LogP contribution in [-0.4, -0.2) is 75.3 Å². The van der Waals surface area contributed by atoms with Crippen molar-refractivity contribution in [3.63, 3.8) is 0 Å². The van der Waals surface area contributed by atoms with Gasteiger partial charge in [-0.05, 0) is 62.6 Å². The number of nitrogens with one attached hydrogen (secondary N) is 2. The lowest BCUT2D eigenvalue weighted by Crippen LogP contribution is -2.45. The SMILES string of the molecule is CCCCS(=O)(=O)Nc1cc(OC[C@@H](O)CNC2CCN(c3ccc(C(=O)OCC)cc3)CC2)ccc1O. The van der Waals surface area contributed by atoms with E-state index in [9.17, 15) is 23.4 Å². The third kappa shape index (κ3) is 9.07. The van der Waals surface area contributed by atoms with Gasteiger partial charge in [-0.2, -0.15) is 0 Å². The number of nitrogens with zero attached hydrogens (tertiary/aromatic N) is 1. The number of aromatic hydroxyl groups is 1. The van der Waals surface area contributed by atoms with Gasteiger partial charge in [-0.1, -0.05) is 13.3 Å². The Morgan fingerprint density at radius 1 is 1.13 bits per heavy atom. The third-order valence-electron chi connectivity index (χ3n) is 6.32. The van der Waals surface area contributed by atoms with Crippen LogP contribution in [0.1, 0.15) is 49.9 Å². The Kier molecular flexibility index (Phi) is 11.1. The van der Waals surface area contributed by atoms with Crippen LogP contribution in [0.15, 0.2) is 42.5 Å². The molecule has 0 radical (unpaired) electrons. The molecule has 0 saturated carbocycles. The smallest absolute Gasteiger partial charge is 0.338 e. The third-order valence-corrected chi connectivity index (χ3v) is 7.68. The normalized spacial score (nSPS) is 15.2. The summed E-state index contributed by atoms with van der Waals surface area (Å²) >= 11 is 0. The Bertz CT molecular complexity index is 1130. The maximum Gasteiger partial charge on any atom is 0.338 e. The largest absolute Gasteiger partial charge is 0.506 e. The van der Waals surface area contributed by atoms with Crippen LogP contribution in [0.25, 0.3) is 0 Å². The zero-order chi connectivity index (χ0) is 27.5. The zero-order valence-electron chi connectivity index (χ0n) is 22.1. The first-order valence-electron chi connectivity index (χ1n) is 13.1. The number of esters is 1. The molecule has 38 heavy (non-hydrogen) atoms. The number of hydrogen-bond donors (Lipinski definition) is 4. The van der Waals surface area contributed by atoms with E-state index in [2.05, 4.69) is 14.9 Å². The number of hydrogen-bond acceptors (Lipinski definition) is 9. The summed E-state index contributed by atoms with van der Waals surface area (Å²) in [7, 11) is -3.56. The maximum atomic E-state index is 12.2. The van der Waals surface area contributed by atoms with Crippen LogP contribution in [0.2, 0.25) is 0 Å². The summed E-state index contributed by atoms with van der Waals surface area (Å²) in [5.41, 5.74) is 1.65. The second kappa shape index (κ2) is 14.2. The van der Waals surface area contributed by atoms with Crippen LogP contribution in [0, 0.1) is 0 Å². The first-order valence-corrected chi connectivity index (χ1v) is 14.8. The minimum Gasteiger partial charge on any atom is -0.506 e. The van der Waals surface area contributed by atoms with E-state index in [4.69, 9.17) is 9.47 Å². The molecule has 1 saturated heterocycles.